The predicted octanol–water partition coefficient (Wildman–Crippen LogP) is 1.32. The van der Waals surface area contributed by atoms with Crippen LogP contribution < -0.4 is 0 Å². The van der Waals surface area contributed by atoms with Gasteiger partial charge in [0.15, 0.2) is 0 Å². The van der Waals surface area contributed by atoms with Gasteiger partial charge in [0.05, 0.1) is 0 Å². The first kappa shape index (κ1) is 9.49. The molecule has 0 aliphatic heterocycles. The van der Waals surface area contributed by atoms with Crippen LogP contribution in [0.2, 0.25) is 16.3 Å². The Kier molecular flexibility index (Phi) is 4.57. The average Bonchev–Trinajstić information content (AvgIpc) is 1.64. The number of halogens is 1. The van der Waals surface area contributed by atoms with Crippen LogP contribution in [0.4, 0.5) is 0 Å². The monoisotopic (exact) mass is 256 g/mol. The number of carbonyl (C=O) groups is 1. The van der Waals surface area contributed by atoms with E-state index in [0.717, 1.165) is 0 Å². The molecule has 0 saturated heterocycles. The van der Waals surface area contributed by atoms with E-state index in [9.17, 15) is 4.79 Å². The van der Waals surface area contributed by atoms with E-state index in [0.29, 0.717) is 5.33 Å². The van der Waals surface area contributed by atoms with Crippen LogP contribution in [0.3, 0.4) is 0 Å². The molecule has 0 fully saturated rings. The second-order valence-corrected chi connectivity index (χ2v) is 9.90. The number of carboxylic acids is 1. The zero-order valence-electron chi connectivity index (χ0n) is 5.60. The van der Waals surface area contributed by atoms with Gasteiger partial charge in [0.25, 0.3) is 0 Å². The predicted molar refractivity (Wildman–Crippen MR) is 44.1 cm³/mol. The summed E-state index contributed by atoms with van der Waals surface area (Å²) in [4.78, 5) is 10.4. The molecule has 1 N–H and O–H groups in total. The summed E-state index contributed by atoms with van der Waals surface area (Å²) in [5.41, 5.74) is 0. The van der Waals surface area contributed by atoms with Crippen LogP contribution >= 0.6 is 15.9 Å². The summed E-state index contributed by atoms with van der Waals surface area (Å²) in [6, 6.07) is 0. The van der Waals surface area contributed by atoms with Gasteiger partial charge < -0.3 is 0 Å². The maximum absolute atomic E-state index is 10.4. The van der Waals surface area contributed by atoms with Crippen LogP contribution in [0.5, 0.6) is 0 Å². The molecule has 0 aliphatic carbocycles. The van der Waals surface area contributed by atoms with Gasteiger partial charge in [-0.2, -0.15) is 0 Å². The molecule has 0 saturated carbocycles. The van der Waals surface area contributed by atoms with Gasteiger partial charge in [-0.05, 0) is 0 Å². The molecule has 0 bridgehead atoms. The molecule has 0 aromatic carbocycles. The third-order valence-corrected chi connectivity index (χ3v) is 7.90. The topological polar surface area (TPSA) is 37.3 Å². The third-order valence-electron chi connectivity index (χ3n) is 1.29. The van der Waals surface area contributed by atoms with Gasteiger partial charge in [0.2, 0.25) is 0 Å². The van der Waals surface area contributed by atoms with Crippen LogP contribution in [0.25, 0.3) is 0 Å². The number of hydrogen-bond acceptors (Lipinski definition) is 1. The van der Waals surface area contributed by atoms with Gasteiger partial charge in [-0.1, -0.05) is 0 Å². The molecule has 0 amide bonds. The fourth-order valence-electron chi connectivity index (χ4n) is 0.529. The number of aliphatic carboxylic acids is 1. The summed E-state index contributed by atoms with van der Waals surface area (Å²) in [6.45, 7) is 0. The first-order chi connectivity index (χ1) is 4.09. The molecule has 54 valence electrons. The summed E-state index contributed by atoms with van der Waals surface area (Å²) < 4.78 is -0.0579. The van der Waals surface area contributed by atoms with Crippen molar-refractivity contribution in [1.29, 1.82) is 0 Å². The Morgan fingerprint density at radius 3 is 2.22 bits per heavy atom. The van der Waals surface area contributed by atoms with Gasteiger partial charge in [0, 0.05) is 0 Å². The zero-order chi connectivity index (χ0) is 7.44. The van der Waals surface area contributed by atoms with Crippen molar-refractivity contribution < 1.29 is 9.90 Å². The van der Waals surface area contributed by atoms with Gasteiger partial charge in [-0.15, -0.1) is 0 Å². The van der Waals surface area contributed by atoms with Gasteiger partial charge in [-0.3, -0.25) is 0 Å². The van der Waals surface area contributed by atoms with Crippen molar-refractivity contribution >= 4 is 36.2 Å². The van der Waals surface area contributed by atoms with Crippen molar-refractivity contribution in [3.63, 3.8) is 0 Å². The second kappa shape index (κ2) is 4.33. The maximum atomic E-state index is 10.4. The summed E-state index contributed by atoms with van der Waals surface area (Å²) >= 11 is 1.77. The summed E-state index contributed by atoms with van der Waals surface area (Å²) in [5.74, 6) is 3.54. The van der Waals surface area contributed by atoms with Crippen molar-refractivity contribution in [3.8, 4) is 0 Å². The number of alkyl halides is 1. The molecule has 0 heterocycles. The Hall–Kier alpha value is 0.493. The molecule has 0 aromatic heterocycles. The van der Waals surface area contributed by atoms with Crippen LogP contribution in [0.15, 0.2) is 0 Å². The first-order valence-corrected chi connectivity index (χ1v) is 10.2. The van der Waals surface area contributed by atoms with Gasteiger partial charge in [0.1, 0.15) is 0 Å². The third kappa shape index (κ3) is 3.25. The van der Waals surface area contributed by atoms with E-state index < -0.39 is 20.3 Å². The van der Waals surface area contributed by atoms with Crippen LogP contribution in [-0.4, -0.2) is 30.8 Å². The van der Waals surface area contributed by atoms with Crippen LogP contribution in [0.1, 0.15) is 0 Å². The molecule has 2 nitrogen and oxygen atoms in total. The van der Waals surface area contributed by atoms with E-state index in [-0.39, 0.29) is 4.75 Å². The Morgan fingerprint density at radius 1 is 1.78 bits per heavy atom. The van der Waals surface area contributed by atoms with E-state index >= 15 is 0 Å². The minimum atomic E-state index is -1.41. The zero-order valence-corrected chi connectivity index (χ0v) is 9.60. The normalized spacial score (nSPS) is 13.8. The van der Waals surface area contributed by atoms with Crippen LogP contribution in [-0.2, 0) is 4.79 Å². The quantitative estimate of drug-likeness (QED) is 0.610. The molecule has 0 spiro atoms. The number of rotatable bonds is 3. The Labute approximate surface area is 67.9 Å². The fourth-order valence-corrected chi connectivity index (χ4v) is 6.64. The molecule has 1 unspecified atom stereocenters. The van der Waals surface area contributed by atoms with Crippen LogP contribution in [0, 0.1) is 0 Å². The molecular formula is C5H11BrGeO2. The van der Waals surface area contributed by atoms with Crippen molar-refractivity contribution in [2.24, 2.45) is 0 Å². The van der Waals surface area contributed by atoms with Crippen molar-refractivity contribution in [1.82, 2.24) is 0 Å². The van der Waals surface area contributed by atoms with E-state index in [4.69, 9.17) is 5.11 Å². The second-order valence-electron chi connectivity index (χ2n) is 2.34. The minimum absolute atomic E-state index is 0.0579. The van der Waals surface area contributed by atoms with Gasteiger partial charge in [-0.25, -0.2) is 0 Å². The SMILES string of the molecule is [CH3][GeH]([CH3])[CH](CBr)C(=O)O. The number of hydrogen-bond donors (Lipinski definition) is 1. The molecule has 9 heavy (non-hydrogen) atoms. The van der Waals surface area contributed by atoms with E-state index in [1.165, 1.54) is 0 Å². The summed E-state index contributed by atoms with van der Waals surface area (Å²) in [6.07, 6.45) is 0. The van der Waals surface area contributed by atoms with Gasteiger partial charge >= 0.3 is 67.7 Å². The molecular weight excluding hydrogens is 245 g/mol. The van der Waals surface area contributed by atoms with Crippen molar-refractivity contribution in [3.05, 3.63) is 0 Å². The Bertz CT molecular complexity index is 105. The standard InChI is InChI=1S/C5H11BrGeO2/c1-7(2)4(3-6)5(8)9/h4,7H,3H2,1-2H3,(H,8,9). The molecule has 0 radical (unpaired) electrons. The van der Waals surface area contributed by atoms with E-state index in [2.05, 4.69) is 27.4 Å². The van der Waals surface area contributed by atoms with E-state index in [1.54, 1.807) is 0 Å². The molecule has 4 heteroatoms. The summed E-state index contributed by atoms with van der Waals surface area (Å²) in [7, 11) is 0. The number of carboxylic acid groups (broad SMARTS) is 1. The Balaban J connectivity index is 3.83. The van der Waals surface area contributed by atoms with Crippen molar-refractivity contribution in [2.75, 3.05) is 5.33 Å². The summed E-state index contributed by atoms with van der Waals surface area (Å²) in [5, 5.41) is 9.19. The van der Waals surface area contributed by atoms with Crippen molar-refractivity contribution in [2.45, 2.75) is 16.3 Å². The molecule has 0 aromatic rings. The first-order valence-electron chi connectivity index (χ1n) is 2.88. The fraction of sp³-hybridized carbons (Fsp3) is 0.800. The molecule has 1 atom stereocenters. The average molecular weight is 256 g/mol. The van der Waals surface area contributed by atoms with E-state index in [1.807, 2.05) is 0 Å². The Morgan fingerprint density at radius 2 is 2.22 bits per heavy atom. The molecule has 0 rings (SSSR count). The molecule has 0 aliphatic rings.